The predicted molar refractivity (Wildman–Crippen MR) is 72.0 cm³/mol. The number of rotatable bonds is 2. The van der Waals surface area contributed by atoms with Crippen LogP contribution in [-0.2, 0) is 17.9 Å². The Kier molecular flexibility index (Phi) is 2.43. The number of fused-ring (bicyclic) bond motifs is 2. The van der Waals surface area contributed by atoms with Gasteiger partial charge >= 0.3 is 5.97 Å². The van der Waals surface area contributed by atoms with Crippen molar-refractivity contribution in [3.05, 3.63) is 34.9 Å². The molecular weight excluding hydrogens is 254 g/mol. The number of aromatic carboxylic acids is 1. The third-order valence-corrected chi connectivity index (χ3v) is 5.08. The van der Waals surface area contributed by atoms with Crippen molar-refractivity contribution in [3.8, 4) is 0 Å². The monoisotopic (exact) mass is 271 g/mol. The molecule has 3 aliphatic rings. The van der Waals surface area contributed by atoms with Gasteiger partial charge in [-0.2, -0.15) is 0 Å². The fraction of sp³-hybridized carbons (Fsp3) is 0.500. The first-order valence-electron chi connectivity index (χ1n) is 7.25. The Balaban J connectivity index is 1.50. The molecule has 20 heavy (non-hydrogen) atoms. The van der Waals surface area contributed by atoms with Gasteiger partial charge in [0, 0.05) is 19.0 Å². The van der Waals surface area contributed by atoms with Gasteiger partial charge in [-0.15, -0.1) is 0 Å². The number of carbonyl (C=O) groups excluding carboxylic acids is 1. The molecule has 2 unspecified atom stereocenters. The molecule has 1 N–H and O–H groups in total. The zero-order valence-electron chi connectivity index (χ0n) is 11.2. The van der Waals surface area contributed by atoms with Gasteiger partial charge in [0.15, 0.2) is 0 Å². The van der Waals surface area contributed by atoms with E-state index in [0.29, 0.717) is 18.7 Å². The molecule has 0 saturated heterocycles. The fourth-order valence-electron chi connectivity index (χ4n) is 3.86. The van der Waals surface area contributed by atoms with E-state index in [1.807, 2.05) is 11.0 Å². The number of hydrogen-bond acceptors (Lipinski definition) is 2. The highest BCUT2D eigenvalue weighted by atomic mass is 16.4. The number of benzene rings is 1. The highest BCUT2D eigenvalue weighted by Gasteiger charge is 2.49. The zero-order chi connectivity index (χ0) is 13.9. The van der Waals surface area contributed by atoms with Crippen molar-refractivity contribution in [2.45, 2.75) is 32.4 Å². The number of nitrogens with zero attached hydrogens (tertiary/aromatic N) is 1. The van der Waals surface area contributed by atoms with Gasteiger partial charge in [0.2, 0.25) is 5.91 Å². The molecule has 1 aromatic carbocycles. The molecule has 2 atom stereocenters. The maximum Gasteiger partial charge on any atom is 0.335 e. The van der Waals surface area contributed by atoms with Crippen LogP contribution in [0.15, 0.2) is 18.2 Å². The SMILES string of the molecule is O=C(O)c1ccc2c(c1)CN(C(=O)C1CC3CC3C1)C2. The first-order valence-corrected chi connectivity index (χ1v) is 7.25. The predicted octanol–water partition coefficient (Wildman–Crippen LogP) is 2.27. The number of carbonyl (C=O) groups is 2. The number of amides is 1. The van der Waals surface area contributed by atoms with E-state index in [0.717, 1.165) is 35.8 Å². The van der Waals surface area contributed by atoms with Gasteiger partial charge in [0.05, 0.1) is 5.56 Å². The maximum absolute atomic E-state index is 12.5. The van der Waals surface area contributed by atoms with Crippen LogP contribution in [0.3, 0.4) is 0 Å². The van der Waals surface area contributed by atoms with Gasteiger partial charge in [0.25, 0.3) is 0 Å². The Hall–Kier alpha value is -1.84. The highest BCUT2D eigenvalue weighted by molar-refractivity contribution is 5.88. The van der Waals surface area contributed by atoms with Gasteiger partial charge in [-0.1, -0.05) is 6.07 Å². The second-order valence-electron chi connectivity index (χ2n) is 6.41. The molecule has 0 spiro atoms. The molecule has 2 fully saturated rings. The van der Waals surface area contributed by atoms with Crippen molar-refractivity contribution in [1.29, 1.82) is 0 Å². The van der Waals surface area contributed by atoms with Gasteiger partial charge in [-0.05, 0) is 54.4 Å². The van der Waals surface area contributed by atoms with Crippen molar-refractivity contribution in [2.75, 3.05) is 0 Å². The number of carboxylic acids is 1. The van der Waals surface area contributed by atoms with Crippen LogP contribution in [0.5, 0.6) is 0 Å². The summed E-state index contributed by atoms with van der Waals surface area (Å²) < 4.78 is 0. The summed E-state index contributed by atoms with van der Waals surface area (Å²) in [5, 5.41) is 9.02. The standard InChI is InChI=1S/C16H17NO3/c18-15(13-5-11-4-12(11)6-13)17-7-10-2-1-9(16(19)20)3-14(10)8-17/h1-3,11-13H,4-8H2,(H,19,20). The van der Waals surface area contributed by atoms with Crippen LogP contribution >= 0.6 is 0 Å². The zero-order valence-corrected chi connectivity index (χ0v) is 11.2. The lowest BCUT2D eigenvalue weighted by molar-refractivity contribution is -0.136. The Morgan fingerprint density at radius 2 is 1.75 bits per heavy atom. The summed E-state index contributed by atoms with van der Waals surface area (Å²) in [6.07, 6.45) is 3.46. The molecule has 1 heterocycles. The van der Waals surface area contributed by atoms with Gasteiger partial charge in [0.1, 0.15) is 0 Å². The summed E-state index contributed by atoms with van der Waals surface area (Å²) >= 11 is 0. The quantitative estimate of drug-likeness (QED) is 0.897. The van der Waals surface area contributed by atoms with Crippen LogP contribution in [0, 0.1) is 17.8 Å². The Morgan fingerprint density at radius 1 is 1.05 bits per heavy atom. The third-order valence-electron chi connectivity index (χ3n) is 5.08. The molecule has 1 aliphatic heterocycles. The topological polar surface area (TPSA) is 57.6 Å². The lowest BCUT2D eigenvalue weighted by Crippen LogP contribution is -2.31. The lowest BCUT2D eigenvalue weighted by atomic mass is 10.0. The summed E-state index contributed by atoms with van der Waals surface area (Å²) in [6.45, 7) is 1.21. The van der Waals surface area contributed by atoms with Crippen molar-refractivity contribution >= 4 is 11.9 Å². The molecule has 0 radical (unpaired) electrons. The average molecular weight is 271 g/mol. The maximum atomic E-state index is 12.5. The minimum absolute atomic E-state index is 0.215. The normalized spacial score (nSPS) is 30.0. The molecule has 2 aliphatic carbocycles. The van der Waals surface area contributed by atoms with Crippen molar-refractivity contribution in [1.82, 2.24) is 4.90 Å². The first kappa shape index (κ1) is 11.9. The Labute approximate surface area is 117 Å². The second-order valence-corrected chi connectivity index (χ2v) is 6.41. The van der Waals surface area contributed by atoms with E-state index in [4.69, 9.17) is 5.11 Å². The molecule has 2 saturated carbocycles. The van der Waals surface area contributed by atoms with Crippen LogP contribution in [0.4, 0.5) is 0 Å². The van der Waals surface area contributed by atoms with Gasteiger partial charge in [-0.3, -0.25) is 4.79 Å². The van der Waals surface area contributed by atoms with E-state index < -0.39 is 5.97 Å². The number of carboxylic acid groups (broad SMARTS) is 1. The van der Waals surface area contributed by atoms with E-state index >= 15 is 0 Å². The molecular formula is C16H17NO3. The summed E-state index contributed by atoms with van der Waals surface area (Å²) in [5.74, 6) is 1.20. The molecule has 0 bridgehead atoms. The van der Waals surface area contributed by atoms with E-state index in [1.165, 1.54) is 6.42 Å². The smallest absolute Gasteiger partial charge is 0.335 e. The van der Waals surface area contributed by atoms with E-state index in [9.17, 15) is 9.59 Å². The summed E-state index contributed by atoms with van der Waals surface area (Å²) in [4.78, 5) is 25.4. The second kappa shape index (κ2) is 4.08. The van der Waals surface area contributed by atoms with E-state index in [1.54, 1.807) is 12.1 Å². The van der Waals surface area contributed by atoms with Crippen LogP contribution in [-0.4, -0.2) is 21.9 Å². The average Bonchev–Trinajstić information content (AvgIpc) is 2.89. The molecule has 4 heteroatoms. The van der Waals surface area contributed by atoms with Crippen LogP contribution in [0.1, 0.15) is 40.7 Å². The Morgan fingerprint density at radius 3 is 2.45 bits per heavy atom. The third kappa shape index (κ3) is 1.82. The number of hydrogen-bond donors (Lipinski definition) is 1. The lowest BCUT2D eigenvalue weighted by Gasteiger charge is -2.20. The van der Waals surface area contributed by atoms with Crippen LogP contribution in [0.25, 0.3) is 0 Å². The van der Waals surface area contributed by atoms with Crippen LogP contribution in [0.2, 0.25) is 0 Å². The summed E-state index contributed by atoms with van der Waals surface area (Å²) in [5.41, 5.74) is 2.38. The summed E-state index contributed by atoms with van der Waals surface area (Å²) in [7, 11) is 0. The van der Waals surface area contributed by atoms with Crippen LogP contribution < -0.4 is 0 Å². The summed E-state index contributed by atoms with van der Waals surface area (Å²) in [6, 6.07) is 5.18. The van der Waals surface area contributed by atoms with E-state index in [-0.39, 0.29) is 11.8 Å². The highest BCUT2D eigenvalue weighted by Crippen LogP contribution is 2.54. The minimum Gasteiger partial charge on any atom is -0.478 e. The van der Waals surface area contributed by atoms with Crippen molar-refractivity contribution < 1.29 is 14.7 Å². The Bertz CT molecular complexity index is 600. The molecule has 0 aromatic heterocycles. The van der Waals surface area contributed by atoms with E-state index in [2.05, 4.69) is 0 Å². The van der Waals surface area contributed by atoms with Gasteiger partial charge in [-0.25, -0.2) is 4.79 Å². The fourth-order valence-corrected chi connectivity index (χ4v) is 3.86. The molecule has 1 amide bonds. The molecule has 104 valence electrons. The first-order chi connectivity index (χ1) is 9.61. The molecule has 4 nitrogen and oxygen atoms in total. The van der Waals surface area contributed by atoms with Crippen molar-refractivity contribution in [2.24, 2.45) is 17.8 Å². The molecule has 4 rings (SSSR count). The molecule has 1 aromatic rings. The minimum atomic E-state index is -0.909. The largest absolute Gasteiger partial charge is 0.478 e. The van der Waals surface area contributed by atoms with Crippen molar-refractivity contribution in [3.63, 3.8) is 0 Å². The van der Waals surface area contributed by atoms with Gasteiger partial charge < -0.3 is 10.0 Å².